The van der Waals surface area contributed by atoms with Crippen LogP contribution in [0.15, 0.2) is 182 Å². The number of benzene rings is 11. The van der Waals surface area contributed by atoms with E-state index in [0.717, 1.165) is 0 Å². The van der Waals surface area contributed by atoms with Crippen LogP contribution in [-0.2, 0) is 0 Å². The molecule has 0 aliphatic rings. The van der Waals surface area contributed by atoms with Crippen LogP contribution in [-0.4, -0.2) is 0 Å². The summed E-state index contributed by atoms with van der Waals surface area (Å²) < 4.78 is 5.33. The minimum atomic E-state index is 1.25. The minimum Gasteiger partial charge on any atom is -0.135 e. The largest absolute Gasteiger partial charge is 0.135 e. The smallest absolute Gasteiger partial charge is 0.0362 e. The van der Waals surface area contributed by atoms with E-state index < -0.39 is 0 Å². The molecule has 0 unspecified atom stereocenters. The lowest BCUT2D eigenvalue weighted by atomic mass is 9.91. The van der Waals surface area contributed by atoms with E-state index in [9.17, 15) is 0 Å². The van der Waals surface area contributed by atoms with E-state index >= 15 is 0 Å². The fraction of sp³-hybridized carbons (Fsp3) is 0. The first-order valence-electron chi connectivity index (χ1n) is 19.2. The van der Waals surface area contributed by atoms with E-state index in [1.807, 2.05) is 22.7 Å². The number of thiophene rings is 2. The monoisotopic (exact) mass is 742 g/mol. The molecule has 56 heavy (non-hydrogen) atoms. The van der Waals surface area contributed by atoms with Crippen LogP contribution in [0, 0.1) is 0 Å². The highest BCUT2D eigenvalue weighted by Crippen LogP contribution is 2.45. The molecule has 0 atom stereocenters. The average molecular weight is 743 g/mol. The molecule has 0 nitrogen and oxygen atoms in total. The highest BCUT2D eigenvalue weighted by atomic mass is 32.1. The molecular formula is C54H30S2. The quantitative estimate of drug-likeness (QED) is 0.155. The van der Waals surface area contributed by atoms with Crippen molar-refractivity contribution in [2.75, 3.05) is 0 Å². The van der Waals surface area contributed by atoms with Crippen molar-refractivity contribution in [3.05, 3.63) is 182 Å². The molecule has 0 saturated heterocycles. The van der Waals surface area contributed by atoms with Crippen molar-refractivity contribution >= 4 is 128 Å². The number of hydrogen-bond acceptors (Lipinski definition) is 2. The third-order valence-corrected chi connectivity index (χ3v) is 14.4. The van der Waals surface area contributed by atoms with Crippen molar-refractivity contribution in [3.8, 4) is 22.3 Å². The van der Waals surface area contributed by atoms with Gasteiger partial charge in [0.25, 0.3) is 0 Å². The van der Waals surface area contributed by atoms with Gasteiger partial charge in [0.2, 0.25) is 0 Å². The van der Waals surface area contributed by atoms with E-state index in [4.69, 9.17) is 0 Å². The summed E-state index contributed by atoms with van der Waals surface area (Å²) in [6, 6.07) is 68.6. The van der Waals surface area contributed by atoms with Crippen LogP contribution >= 0.6 is 22.7 Å². The molecule has 0 saturated carbocycles. The Kier molecular flexibility index (Phi) is 6.29. The fourth-order valence-corrected chi connectivity index (χ4v) is 11.6. The molecule has 13 aromatic rings. The van der Waals surface area contributed by atoms with Crippen LogP contribution in [0.25, 0.3) is 127 Å². The summed E-state index contributed by atoms with van der Waals surface area (Å²) in [5.41, 5.74) is 5.00. The zero-order valence-electron chi connectivity index (χ0n) is 30.1. The SMILES string of the molecule is c1ccc2cc3c(cc2c1)sc1cc2c4ccc(-c5ccc6sc7ccc(-c8ccc9ccc%10ccccc%10c9c8)cc7c6c5)cc4c4ccccc4c2cc13. The maximum absolute atomic E-state index is 2.46. The van der Waals surface area contributed by atoms with Gasteiger partial charge in [-0.2, -0.15) is 0 Å². The van der Waals surface area contributed by atoms with Gasteiger partial charge < -0.3 is 0 Å². The van der Waals surface area contributed by atoms with Crippen molar-refractivity contribution < 1.29 is 0 Å². The van der Waals surface area contributed by atoms with Gasteiger partial charge in [-0.3, -0.25) is 0 Å². The van der Waals surface area contributed by atoms with E-state index in [-0.39, 0.29) is 0 Å². The molecular weight excluding hydrogens is 713 g/mol. The number of rotatable bonds is 2. The molecule has 2 heterocycles. The third kappa shape index (κ3) is 4.46. The second-order valence-corrected chi connectivity index (χ2v) is 17.4. The lowest BCUT2D eigenvalue weighted by Gasteiger charge is -2.13. The van der Waals surface area contributed by atoms with Gasteiger partial charge in [-0.15, -0.1) is 22.7 Å². The van der Waals surface area contributed by atoms with E-state index in [2.05, 4.69) is 182 Å². The van der Waals surface area contributed by atoms with E-state index in [1.54, 1.807) is 0 Å². The first-order valence-corrected chi connectivity index (χ1v) is 20.9. The molecule has 0 aliphatic heterocycles. The Morgan fingerprint density at radius 3 is 1.32 bits per heavy atom. The molecule has 258 valence electrons. The van der Waals surface area contributed by atoms with Gasteiger partial charge in [-0.1, -0.05) is 121 Å². The molecule has 0 aliphatic carbocycles. The predicted octanol–water partition coefficient (Wildman–Crippen LogP) is 16.7. The van der Waals surface area contributed by atoms with Crippen molar-refractivity contribution in [1.82, 2.24) is 0 Å². The summed E-state index contributed by atoms with van der Waals surface area (Å²) in [6.07, 6.45) is 0. The van der Waals surface area contributed by atoms with Gasteiger partial charge >= 0.3 is 0 Å². The molecule has 0 amide bonds. The Balaban J connectivity index is 0.974. The molecule has 2 aromatic heterocycles. The second-order valence-electron chi connectivity index (χ2n) is 15.2. The van der Waals surface area contributed by atoms with Gasteiger partial charge in [-0.05, 0) is 148 Å². The van der Waals surface area contributed by atoms with Crippen molar-refractivity contribution in [1.29, 1.82) is 0 Å². The first kappa shape index (κ1) is 30.7. The lowest BCUT2D eigenvalue weighted by molar-refractivity contribution is 1.70. The summed E-state index contributed by atoms with van der Waals surface area (Å²) in [5.74, 6) is 0. The maximum atomic E-state index is 2.46. The molecule has 2 heteroatoms. The number of hydrogen-bond donors (Lipinski definition) is 0. The Bertz CT molecular complexity index is 3820. The van der Waals surface area contributed by atoms with Crippen molar-refractivity contribution in [3.63, 3.8) is 0 Å². The van der Waals surface area contributed by atoms with Crippen LogP contribution in [0.3, 0.4) is 0 Å². The summed E-state index contributed by atoms with van der Waals surface area (Å²) >= 11 is 3.79. The molecule has 0 radical (unpaired) electrons. The average Bonchev–Trinajstić information content (AvgIpc) is 3.81. The normalized spacial score (nSPS) is 12.3. The highest BCUT2D eigenvalue weighted by molar-refractivity contribution is 7.26. The van der Waals surface area contributed by atoms with Crippen molar-refractivity contribution in [2.24, 2.45) is 0 Å². The van der Waals surface area contributed by atoms with Gasteiger partial charge in [0, 0.05) is 40.3 Å². The molecule has 0 spiro atoms. The summed E-state index contributed by atoms with van der Waals surface area (Å²) in [6.45, 7) is 0. The van der Waals surface area contributed by atoms with Gasteiger partial charge in [-0.25, -0.2) is 0 Å². The summed E-state index contributed by atoms with van der Waals surface area (Å²) in [5, 5.41) is 20.9. The van der Waals surface area contributed by atoms with Crippen LogP contribution in [0.5, 0.6) is 0 Å². The number of fused-ring (bicyclic) bond motifs is 16. The Labute approximate surface area is 330 Å². The van der Waals surface area contributed by atoms with Crippen LogP contribution in [0.1, 0.15) is 0 Å². The summed E-state index contributed by atoms with van der Waals surface area (Å²) in [7, 11) is 0. The Morgan fingerprint density at radius 1 is 0.196 bits per heavy atom. The molecule has 0 fully saturated rings. The molecule has 11 aromatic carbocycles. The Morgan fingerprint density at radius 2 is 0.607 bits per heavy atom. The highest BCUT2D eigenvalue weighted by Gasteiger charge is 2.16. The van der Waals surface area contributed by atoms with Gasteiger partial charge in [0.05, 0.1) is 0 Å². The van der Waals surface area contributed by atoms with Crippen LogP contribution < -0.4 is 0 Å². The fourth-order valence-electron chi connectivity index (χ4n) is 9.41. The lowest BCUT2D eigenvalue weighted by Crippen LogP contribution is -1.85. The van der Waals surface area contributed by atoms with Crippen molar-refractivity contribution in [2.45, 2.75) is 0 Å². The zero-order chi connectivity index (χ0) is 36.5. The molecule has 0 bridgehead atoms. The standard InChI is InChI=1S/C54H30S2/c1-2-9-34-28-53-49(25-33(34)8-1)50-29-45-41-12-6-5-11-40(41)44-24-36(17-20-42(44)46(45)30-54(50)56-53)38-19-22-52-48(27-38)47-26-37(18-21-51(47)55-52)35-16-15-32-14-13-31-7-3-4-10-39(31)43(32)23-35/h1-30H. The second kappa shape index (κ2) is 11.5. The summed E-state index contributed by atoms with van der Waals surface area (Å²) in [4.78, 5) is 0. The van der Waals surface area contributed by atoms with Crippen LogP contribution in [0.2, 0.25) is 0 Å². The van der Waals surface area contributed by atoms with Gasteiger partial charge in [0.15, 0.2) is 0 Å². The first-order chi connectivity index (χ1) is 27.7. The van der Waals surface area contributed by atoms with Crippen LogP contribution in [0.4, 0.5) is 0 Å². The minimum absolute atomic E-state index is 1.25. The Hall–Kier alpha value is -6.58. The predicted molar refractivity (Wildman–Crippen MR) is 248 cm³/mol. The molecule has 13 rings (SSSR count). The topological polar surface area (TPSA) is 0 Å². The van der Waals surface area contributed by atoms with E-state index in [0.29, 0.717) is 0 Å². The van der Waals surface area contributed by atoms with Gasteiger partial charge in [0.1, 0.15) is 0 Å². The zero-order valence-corrected chi connectivity index (χ0v) is 31.8. The molecule has 0 N–H and O–H groups in total. The third-order valence-electron chi connectivity index (χ3n) is 12.2. The maximum Gasteiger partial charge on any atom is 0.0362 e. The van der Waals surface area contributed by atoms with E-state index in [1.165, 1.54) is 127 Å².